The smallest absolute Gasteiger partial charge is 0.256 e. The van der Waals surface area contributed by atoms with Crippen molar-refractivity contribution in [3.8, 4) is 0 Å². The molecule has 1 amide bonds. The van der Waals surface area contributed by atoms with Crippen molar-refractivity contribution in [1.29, 1.82) is 0 Å². The monoisotopic (exact) mass is 289 g/mol. The van der Waals surface area contributed by atoms with Crippen molar-refractivity contribution in [3.05, 3.63) is 34.1 Å². The van der Waals surface area contributed by atoms with Gasteiger partial charge in [-0.25, -0.2) is 4.39 Å². The normalized spacial score (nSPS) is 10.2. The molecule has 0 aliphatic heterocycles. The Balaban J connectivity index is 2.84. The molecule has 0 aliphatic carbocycles. The number of hydrogen-bond acceptors (Lipinski definition) is 2. The molecule has 5 heteroatoms. The number of amides is 1. The Morgan fingerprint density at radius 2 is 2.25 bits per heavy atom. The number of carbonyl (C=O) groups excluding carboxylic acids is 1. The summed E-state index contributed by atoms with van der Waals surface area (Å²) in [5.74, 6) is -0.882. The number of carbonyl (C=O) groups is 1. The zero-order valence-electron chi connectivity index (χ0n) is 9.17. The van der Waals surface area contributed by atoms with Crippen LogP contribution in [0.2, 0.25) is 0 Å². The summed E-state index contributed by atoms with van der Waals surface area (Å²) < 4.78 is 18.8. The van der Waals surface area contributed by atoms with E-state index in [9.17, 15) is 9.18 Å². The highest BCUT2D eigenvalue weighted by molar-refractivity contribution is 9.10. The quantitative estimate of drug-likeness (QED) is 0.851. The molecule has 1 aromatic rings. The van der Waals surface area contributed by atoms with Crippen molar-refractivity contribution in [3.63, 3.8) is 0 Å². The van der Waals surface area contributed by atoms with Gasteiger partial charge in [0.2, 0.25) is 0 Å². The Morgan fingerprint density at radius 1 is 1.56 bits per heavy atom. The number of hydrogen-bond donors (Lipinski definition) is 0. The van der Waals surface area contributed by atoms with Gasteiger partial charge in [-0.3, -0.25) is 4.79 Å². The summed E-state index contributed by atoms with van der Waals surface area (Å²) in [6.45, 7) is 0.860. The van der Waals surface area contributed by atoms with Gasteiger partial charge in [-0.15, -0.1) is 0 Å². The molecule has 0 saturated heterocycles. The van der Waals surface area contributed by atoms with Gasteiger partial charge in [0.1, 0.15) is 5.82 Å². The SMILES string of the molecule is COCCN(C)C(=O)c1cccc(Br)c1F. The molecular weight excluding hydrogens is 277 g/mol. The largest absolute Gasteiger partial charge is 0.383 e. The van der Waals surface area contributed by atoms with Gasteiger partial charge in [-0.05, 0) is 28.1 Å². The minimum atomic E-state index is -0.531. The Bertz CT molecular complexity index is 384. The first-order chi connectivity index (χ1) is 7.57. The molecule has 0 aliphatic rings. The van der Waals surface area contributed by atoms with Crippen LogP contribution in [0, 0.1) is 5.82 Å². The van der Waals surface area contributed by atoms with Crippen molar-refractivity contribution in [1.82, 2.24) is 4.90 Å². The van der Waals surface area contributed by atoms with Crippen LogP contribution in [-0.2, 0) is 4.74 Å². The maximum absolute atomic E-state index is 13.6. The fraction of sp³-hybridized carbons (Fsp3) is 0.364. The average molecular weight is 290 g/mol. The molecule has 0 fully saturated rings. The molecule has 0 heterocycles. The Morgan fingerprint density at radius 3 is 2.88 bits per heavy atom. The zero-order chi connectivity index (χ0) is 12.1. The summed E-state index contributed by atoms with van der Waals surface area (Å²) in [7, 11) is 3.17. The zero-order valence-corrected chi connectivity index (χ0v) is 10.8. The molecule has 88 valence electrons. The first-order valence-electron chi connectivity index (χ1n) is 4.76. The number of benzene rings is 1. The molecule has 0 bridgehead atoms. The average Bonchev–Trinajstić information content (AvgIpc) is 2.28. The highest BCUT2D eigenvalue weighted by atomic mass is 79.9. The molecule has 0 unspecified atom stereocenters. The Hall–Kier alpha value is -0.940. The number of methoxy groups -OCH3 is 1. The van der Waals surface area contributed by atoms with E-state index >= 15 is 0 Å². The maximum atomic E-state index is 13.6. The van der Waals surface area contributed by atoms with Crippen LogP contribution in [0.15, 0.2) is 22.7 Å². The van der Waals surface area contributed by atoms with Crippen molar-refractivity contribution in [2.75, 3.05) is 27.3 Å². The third kappa shape index (κ3) is 3.02. The van der Waals surface area contributed by atoms with Crippen molar-refractivity contribution in [2.45, 2.75) is 0 Å². The summed E-state index contributed by atoms with van der Waals surface area (Å²) >= 11 is 3.05. The summed E-state index contributed by atoms with van der Waals surface area (Å²) in [6.07, 6.45) is 0. The second-order valence-corrected chi connectivity index (χ2v) is 4.18. The lowest BCUT2D eigenvalue weighted by Gasteiger charge is -2.17. The van der Waals surface area contributed by atoms with E-state index in [-0.39, 0.29) is 11.5 Å². The highest BCUT2D eigenvalue weighted by Crippen LogP contribution is 2.19. The first kappa shape index (κ1) is 13.1. The Labute approximate surface area is 102 Å². The standard InChI is InChI=1S/C11H13BrFNO2/c1-14(6-7-16-2)11(15)8-4-3-5-9(12)10(8)13/h3-5H,6-7H2,1-2H3. The fourth-order valence-corrected chi connectivity index (χ4v) is 1.57. The van der Waals surface area contributed by atoms with Crippen LogP contribution in [0.5, 0.6) is 0 Å². The minimum Gasteiger partial charge on any atom is -0.383 e. The van der Waals surface area contributed by atoms with Crippen molar-refractivity contribution in [2.24, 2.45) is 0 Å². The fourth-order valence-electron chi connectivity index (χ4n) is 1.20. The highest BCUT2D eigenvalue weighted by Gasteiger charge is 2.17. The summed E-state index contributed by atoms with van der Waals surface area (Å²) in [6, 6.07) is 4.65. The number of likely N-dealkylation sites (N-methyl/N-ethyl adjacent to an activating group) is 1. The van der Waals surface area contributed by atoms with E-state index in [0.717, 1.165) is 0 Å². The van der Waals surface area contributed by atoms with Gasteiger partial charge < -0.3 is 9.64 Å². The molecule has 1 aromatic carbocycles. The number of halogens is 2. The molecule has 0 spiro atoms. The van der Waals surface area contributed by atoms with E-state index in [4.69, 9.17) is 4.74 Å². The molecule has 0 aromatic heterocycles. The third-order valence-corrected chi connectivity index (χ3v) is 2.77. The summed E-state index contributed by atoms with van der Waals surface area (Å²) in [4.78, 5) is 13.3. The van der Waals surface area contributed by atoms with E-state index in [1.165, 1.54) is 11.0 Å². The number of nitrogens with zero attached hydrogens (tertiary/aromatic N) is 1. The van der Waals surface area contributed by atoms with Gasteiger partial charge in [-0.2, -0.15) is 0 Å². The lowest BCUT2D eigenvalue weighted by Crippen LogP contribution is -2.30. The predicted octanol–water partition coefficient (Wildman–Crippen LogP) is 2.31. The molecule has 1 rings (SSSR count). The Kier molecular flexibility index (Phi) is 4.89. The molecule has 16 heavy (non-hydrogen) atoms. The molecule has 0 saturated carbocycles. The van der Waals surface area contributed by atoms with E-state index in [2.05, 4.69) is 15.9 Å². The van der Waals surface area contributed by atoms with Crippen molar-refractivity contribution < 1.29 is 13.9 Å². The van der Waals surface area contributed by atoms with Crippen molar-refractivity contribution >= 4 is 21.8 Å². The number of ether oxygens (including phenoxy) is 1. The van der Waals surface area contributed by atoms with Gasteiger partial charge in [0.25, 0.3) is 5.91 Å². The summed E-state index contributed by atoms with van der Waals surface area (Å²) in [5, 5.41) is 0. The van der Waals surface area contributed by atoms with Gasteiger partial charge in [-0.1, -0.05) is 6.07 Å². The molecule has 0 N–H and O–H groups in total. The van der Waals surface area contributed by atoms with Crippen LogP contribution in [-0.4, -0.2) is 38.1 Å². The summed E-state index contributed by atoms with van der Waals surface area (Å²) in [5.41, 5.74) is 0.0629. The lowest BCUT2D eigenvalue weighted by molar-refractivity contribution is 0.0739. The van der Waals surface area contributed by atoms with Gasteiger partial charge in [0.15, 0.2) is 0 Å². The topological polar surface area (TPSA) is 29.5 Å². The van der Waals surface area contributed by atoms with Crippen LogP contribution in [0.1, 0.15) is 10.4 Å². The maximum Gasteiger partial charge on any atom is 0.256 e. The van der Waals surface area contributed by atoms with E-state index < -0.39 is 5.82 Å². The van der Waals surface area contributed by atoms with Gasteiger partial charge in [0.05, 0.1) is 16.6 Å². The van der Waals surface area contributed by atoms with Gasteiger partial charge in [0, 0.05) is 20.7 Å². The second kappa shape index (κ2) is 5.96. The lowest BCUT2D eigenvalue weighted by atomic mass is 10.2. The molecule has 0 atom stereocenters. The van der Waals surface area contributed by atoms with Crippen LogP contribution in [0.3, 0.4) is 0 Å². The predicted molar refractivity (Wildman–Crippen MR) is 62.9 cm³/mol. The second-order valence-electron chi connectivity index (χ2n) is 3.32. The van der Waals surface area contributed by atoms with Crippen LogP contribution in [0.4, 0.5) is 4.39 Å². The molecule has 0 radical (unpaired) electrons. The van der Waals surface area contributed by atoms with E-state index in [0.29, 0.717) is 17.6 Å². The van der Waals surface area contributed by atoms with Crippen LogP contribution >= 0.6 is 15.9 Å². The van der Waals surface area contributed by atoms with E-state index in [1.807, 2.05) is 0 Å². The third-order valence-electron chi connectivity index (χ3n) is 2.16. The molecular formula is C11H13BrFNO2. The molecule has 3 nitrogen and oxygen atoms in total. The van der Waals surface area contributed by atoms with E-state index in [1.54, 1.807) is 26.3 Å². The van der Waals surface area contributed by atoms with Gasteiger partial charge >= 0.3 is 0 Å². The van der Waals surface area contributed by atoms with Crippen LogP contribution < -0.4 is 0 Å². The van der Waals surface area contributed by atoms with Crippen LogP contribution in [0.25, 0.3) is 0 Å². The number of rotatable bonds is 4. The minimum absolute atomic E-state index is 0.0629. The first-order valence-corrected chi connectivity index (χ1v) is 5.55.